The average molecular weight is 302 g/mol. The van der Waals surface area contributed by atoms with Gasteiger partial charge >= 0.3 is 0 Å². The normalized spacial score (nSPS) is 13.3. The standard InChI is InChI=1S/C16H39NSi2/c1-8-9-10-11-12-13-14-15-16-17(18(2,3)4)19(5,6)7/h8-16H2,1-7H3. The Morgan fingerprint density at radius 3 is 1.32 bits per heavy atom. The van der Waals surface area contributed by atoms with Crippen LogP contribution in [0.15, 0.2) is 0 Å². The fourth-order valence-electron chi connectivity index (χ4n) is 3.08. The summed E-state index contributed by atoms with van der Waals surface area (Å²) in [4.78, 5) is 0. The first-order chi connectivity index (χ1) is 8.69. The molecule has 0 unspecified atom stereocenters. The highest BCUT2D eigenvalue weighted by molar-refractivity contribution is 6.89. The van der Waals surface area contributed by atoms with Crippen molar-refractivity contribution in [3.05, 3.63) is 0 Å². The molecule has 0 aromatic rings. The monoisotopic (exact) mass is 301 g/mol. The van der Waals surface area contributed by atoms with E-state index >= 15 is 0 Å². The summed E-state index contributed by atoms with van der Waals surface area (Å²) in [5, 5.41) is 0. The van der Waals surface area contributed by atoms with Crippen molar-refractivity contribution >= 4 is 16.5 Å². The second kappa shape index (κ2) is 9.35. The van der Waals surface area contributed by atoms with Gasteiger partial charge in [0, 0.05) is 0 Å². The lowest BCUT2D eigenvalue weighted by Gasteiger charge is -2.43. The number of rotatable bonds is 11. The van der Waals surface area contributed by atoms with E-state index in [1.165, 1.54) is 57.9 Å². The van der Waals surface area contributed by atoms with Crippen molar-refractivity contribution in [3.8, 4) is 0 Å². The maximum atomic E-state index is 2.93. The van der Waals surface area contributed by atoms with Gasteiger partial charge in [-0.05, 0) is 13.0 Å². The van der Waals surface area contributed by atoms with Gasteiger partial charge in [-0.25, -0.2) is 0 Å². The molecule has 0 aliphatic heterocycles. The van der Waals surface area contributed by atoms with Crippen molar-refractivity contribution in [1.82, 2.24) is 4.23 Å². The molecular weight excluding hydrogens is 262 g/mol. The lowest BCUT2D eigenvalue weighted by molar-refractivity contribution is 0.525. The van der Waals surface area contributed by atoms with Gasteiger partial charge in [-0.15, -0.1) is 0 Å². The lowest BCUT2D eigenvalue weighted by atomic mass is 10.1. The van der Waals surface area contributed by atoms with Crippen molar-refractivity contribution in [2.75, 3.05) is 6.54 Å². The predicted molar refractivity (Wildman–Crippen MR) is 96.0 cm³/mol. The van der Waals surface area contributed by atoms with Crippen LogP contribution in [0.25, 0.3) is 0 Å². The highest BCUT2D eigenvalue weighted by Crippen LogP contribution is 2.20. The zero-order valence-electron chi connectivity index (χ0n) is 14.8. The third-order valence-corrected chi connectivity index (χ3v) is 11.6. The molecule has 3 heteroatoms. The van der Waals surface area contributed by atoms with Gasteiger partial charge in [-0.1, -0.05) is 91.2 Å². The van der Waals surface area contributed by atoms with E-state index in [1.54, 1.807) is 0 Å². The highest BCUT2D eigenvalue weighted by Gasteiger charge is 2.33. The second-order valence-corrected chi connectivity index (χ2v) is 18.2. The van der Waals surface area contributed by atoms with Gasteiger partial charge in [0.25, 0.3) is 0 Å². The van der Waals surface area contributed by atoms with Crippen molar-refractivity contribution in [3.63, 3.8) is 0 Å². The molecular formula is C16H39NSi2. The Morgan fingerprint density at radius 1 is 0.579 bits per heavy atom. The Balaban J connectivity index is 3.78. The molecule has 1 nitrogen and oxygen atoms in total. The fourth-order valence-corrected chi connectivity index (χ4v) is 12.8. The third kappa shape index (κ3) is 9.86. The van der Waals surface area contributed by atoms with E-state index in [2.05, 4.69) is 50.4 Å². The molecule has 0 radical (unpaired) electrons. The summed E-state index contributed by atoms with van der Waals surface area (Å²) in [6.45, 7) is 18.7. The topological polar surface area (TPSA) is 3.24 Å². The summed E-state index contributed by atoms with van der Waals surface area (Å²) in [6, 6.07) is 0. The SMILES string of the molecule is CCCCCCCCCCN([Si](C)(C)C)[Si](C)(C)C. The molecule has 0 fully saturated rings. The summed E-state index contributed by atoms with van der Waals surface area (Å²) >= 11 is 0. The van der Waals surface area contributed by atoms with Crippen LogP contribution in [0.1, 0.15) is 58.3 Å². The molecule has 0 aliphatic carbocycles. The minimum Gasteiger partial charge on any atom is -0.346 e. The molecule has 0 aromatic carbocycles. The maximum Gasteiger partial charge on any atom is 0.112 e. The molecule has 0 saturated carbocycles. The Bertz CT molecular complexity index is 202. The van der Waals surface area contributed by atoms with Crippen LogP contribution in [-0.2, 0) is 0 Å². The van der Waals surface area contributed by atoms with Crippen LogP contribution in [0.3, 0.4) is 0 Å². The zero-order chi connectivity index (χ0) is 14.9. The van der Waals surface area contributed by atoms with E-state index in [0.29, 0.717) is 0 Å². The quantitative estimate of drug-likeness (QED) is 0.329. The molecule has 0 atom stereocenters. The molecule has 0 aliphatic rings. The number of hydrogen-bond acceptors (Lipinski definition) is 1. The summed E-state index contributed by atoms with van der Waals surface area (Å²) in [6.07, 6.45) is 11.5. The van der Waals surface area contributed by atoms with E-state index in [0.717, 1.165) is 0 Å². The van der Waals surface area contributed by atoms with E-state index in [-0.39, 0.29) is 0 Å². The van der Waals surface area contributed by atoms with Crippen molar-refractivity contribution < 1.29 is 0 Å². The summed E-state index contributed by atoms with van der Waals surface area (Å²) in [5.41, 5.74) is 0. The van der Waals surface area contributed by atoms with Gasteiger partial charge in [0.15, 0.2) is 0 Å². The van der Waals surface area contributed by atoms with Crippen LogP contribution in [0, 0.1) is 0 Å². The number of hydrogen-bond donors (Lipinski definition) is 0. The first-order valence-electron chi connectivity index (χ1n) is 8.47. The van der Waals surface area contributed by atoms with E-state index in [1.807, 2.05) is 0 Å². The Labute approximate surface area is 125 Å². The third-order valence-electron chi connectivity index (χ3n) is 3.85. The first-order valence-corrected chi connectivity index (χ1v) is 15.4. The Morgan fingerprint density at radius 2 is 0.947 bits per heavy atom. The van der Waals surface area contributed by atoms with E-state index in [4.69, 9.17) is 0 Å². The Kier molecular flexibility index (Phi) is 9.55. The molecule has 19 heavy (non-hydrogen) atoms. The summed E-state index contributed by atoms with van der Waals surface area (Å²) in [5.74, 6) is 0. The lowest BCUT2D eigenvalue weighted by Crippen LogP contribution is -2.59. The van der Waals surface area contributed by atoms with Gasteiger partial charge < -0.3 is 4.23 Å². The smallest absolute Gasteiger partial charge is 0.112 e. The zero-order valence-corrected chi connectivity index (χ0v) is 16.8. The molecule has 0 spiro atoms. The number of nitrogens with zero attached hydrogens (tertiary/aromatic N) is 1. The van der Waals surface area contributed by atoms with E-state index < -0.39 is 16.5 Å². The van der Waals surface area contributed by atoms with Crippen molar-refractivity contribution in [1.29, 1.82) is 0 Å². The molecule has 0 N–H and O–H groups in total. The average Bonchev–Trinajstić information content (AvgIpc) is 2.23. The van der Waals surface area contributed by atoms with Gasteiger partial charge in [0.2, 0.25) is 0 Å². The Hall–Kier alpha value is 0.394. The predicted octanol–water partition coefficient (Wildman–Crippen LogP) is 6.10. The summed E-state index contributed by atoms with van der Waals surface area (Å²) in [7, 11) is -2.23. The highest BCUT2D eigenvalue weighted by atomic mass is 28.4. The largest absolute Gasteiger partial charge is 0.346 e. The molecule has 116 valence electrons. The summed E-state index contributed by atoms with van der Waals surface area (Å²) < 4.78 is 2.93. The molecule has 0 heterocycles. The molecule has 0 amide bonds. The van der Waals surface area contributed by atoms with Gasteiger partial charge in [-0.2, -0.15) is 0 Å². The molecule has 0 rings (SSSR count). The van der Waals surface area contributed by atoms with Crippen LogP contribution in [-0.4, -0.2) is 27.2 Å². The van der Waals surface area contributed by atoms with E-state index in [9.17, 15) is 0 Å². The van der Waals surface area contributed by atoms with Gasteiger partial charge in [0.05, 0.1) is 0 Å². The molecule has 0 aromatic heterocycles. The van der Waals surface area contributed by atoms with Crippen molar-refractivity contribution in [2.24, 2.45) is 0 Å². The second-order valence-electron chi connectivity index (χ2n) is 7.97. The van der Waals surface area contributed by atoms with Crippen molar-refractivity contribution in [2.45, 2.75) is 97.6 Å². The van der Waals surface area contributed by atoms with Gasteiger partial charge in [-0.3, -0.25) is 0 Å². The number of unbranched alkanes of at least 4 members (excludes halogenated alkanes) is 7. The first kappa shape index (κ1) is 19.4. The van der Waals surface area contributed by atoms with Crippen LogP contribution in [0.5, 0.6) is 0 Å². The van der Waals surface area contributed by atoms with Crippen LogP contribution in [0.4, 0.5) is 0 Å². The minimum absolute atomic E-state index is 1.11. The molecule has 0 saturated heterocycles. The van der Waals surface area contributed by atoms with Crippen LogP contribution in [0.2, 0.25) is 39.3 Å². The van der Waals surface area contributed by atoms with Crippen LogP contribution < -0.4 is 0 Å². The minimum atomic E-state index is -1.11. The maximum absolute atomic E-state index is 2.93. The fraction of sp³-hybridized carbons (Fsp3) is 1.00. The van der Waals surface area contributed by atoms with Crippen LogP contribution >= 0.6 is 0 Å². The molecule has 0 bridgehead atoms. The van der Waals surface area contributed by atoms with Gasteiger partial charge in [0.1, 0.15) is 16.5 Å².